The minimum Gasteiger partial charge on any atom is -0.369 e. The van der Waals surface area contributed by atoms with E-state index in [1.54, 1.807) is 0 Å². The molecule has 3 aromatic rings. The Hall–Kier alpha value is -3.16. The van der Waals surface area contributed by atoms with E-state index in [0.717, 1.165) is 75.8 Å². The maximum atomic E-state index is 12.6. The van der Waals surface area contributed by atoms with Crippen molar-refractivity contribution in [3.63, 3.8) is 0 Å². The second-order valence-corrected chi connectivity index (χ2v) is 9.72. The number of nitrogens with one attached hydrogen (secondary N) is 2. The highest BCUT2D eigenvalue weighted by Crippen LogP contribution is 2.27. The summed E-state index contributed by atoms with van der Waals surface area (Å²) >= 11 is 0. The van der Waals surface area contributed by atoms with Crippen LogP contribution in [-0.4, -0.2) is 55.2 Å². The Morgan fingerprint density at radius 2 is 1.74 bits per heavy atom. The highest BCUT2D eigenvalue weighted by atomic mass is 16.5. The fraction of sp³-hybridized carbons (Fsp3) is 0.429. The van der Waals surface area contributed by atoms with Crippen molar-refractivity contribution >= 4 is 17.3 Å². The average Bonchev–Trinajstić information content (AvgIpc) is 3.33. The molecule has 184 valence electrons. The highest BCUT2D eigenvalue weighted by Gasteiger charge is 2.28. The van der Waals surface area contributed by atoms with Crippen LogP contribution in [0.5, 0.6) is 0 Å². The van der Waals surface area contributed by atoms with Crippen LogP contribution in [0.25, 0.3) is 0 Å². The van der Waals surface area contributed by atoms with Gasteiger partial charge in [0.25, 0.3) is 0 Å². The first-order chi connectivity index (χ1) is 17.2. The van der Waals surface area contributed by atoms with Crippen molar-refractivity contribution in [1.29, 1.82) is 0 Å². The number of piperazine rings is 1. The number of aromatic nitrogens is 1. The molecule has 2 atom stereocenters. The number of anilines is 2. The summed E-state index contributed by atoms with van der Waals surface area (Å²) < 4.78 is 5.71. The van der Waals surface area contributed by atoms with Crippen LogP contribution in [0.1, 0.15) is 24.3 Å². The first-order valence-corrected chi connectivity index (χ1v) is 12.8. The van der Waals surface area contributed by atoms with E-state index in [1.807, 2.05) is 30.3 Å². The fourth-order valence-electron chi connectivity index (χ4n) is 5.27. The summed E-state index contributed by atoms with van der Waals surface area (Å²) in [5.41, 5.74) is 3.14. The second kappa shape index (κ2) is 11.5. The zero-order chi connectivity index (χ0) is 23.9. The summed E-state index contributed by atoms with van der Waals surface area (Å²) in [5.74, 6) is 1.72. The van der Waals surface area contributed by atoms with E-state index in [1.165, 1.54) is 5.69 Å². The molecule has 7 heteroatoms. The van der Waals surface area contributed by atoms with Crippen molar-refractivity contribution in [3.8, 4) is 0 Å². The molecule has 0 radical (unpaired) electrons. The van der Waals surface area contributed by atoms with E-state index in [2.05, 4.69) is 62.0 Å². The van der Waals surface area contributed by atoms with Crippen molar-refractivity contribution < 1.29 is 9.32 Å². The molecule has 5 rings (SSSR count). The minimum absolute atomic E-state index is 0.0867. The number of piperidine rings is 1. The molecule has 2 unspecified atom stereocenters. The van der Waals surface area contributed by atoms with Gasteiger partial charge in [0.15, 0.2) is 5.76 Å². The van der Waals surface area contributed by atoms with Crippen LogP contribution in [-0.2, 0) is 17.8 Å². The van der Waals surface area contributed by atoms with Crippen LogP contribution in [0.4, 0.5) is 11.4 Å². The van der Waals surface area contributed by atoms with Crippen molar-refractivity contribution in [1.82, 2.24) is 15.4 Å². The molecule has 1 amide bonds. The van der Waals surface area contributed by atoms with Crippen LogP contribution >= 0.6 is 0 Å². The third kappa shape index (κ3) is 6.50. The number of carbonyl (C=O) groups is 1. The Morgan fingerprint density at radius 1 is 1.00 bits per heavy atom. The zero-order valence-electron chi connectivity index (χ0n) is 20.2. The van der Waals surface area contributed by atoms with Crippen LogP contribution in [0.15, 0.2) is 71.3 Å². The number of nitrogens with zero attached hydrogens (tertiary/aromatic N) is 3. The Kier molecular flexibility index (Phi) is 7.75. The van der Waals surface area contributed by atoms with Crippen LogP contribution < -0.4 is 15.5 Å². The summed E-state index contributed by atoms with van der Waals surface area (Å²) in [5, 5.41) is 10.9. The van der Waals surface area contributed by atoms with Gasteiger partial charge in [-0.25, -0.2) is 0 Å². The van der Waals surface area contributed by atoms with E-state index in [9.17, 15) is 4.79 Å². The third-order valence-electron chi connectivity index (χ3n) is 7.22. The normalized spacial score (nSPS) is 21.1. The minimum atomic E-state index is 0.0867. The molecule has 1 aromatic heterocycles. The quantitative estimate of drug-likeness (QED) is 0.519. The van der Waals surface area contributed by atoms with Crippen molar-refractivity contribution in [2.75, 3.05) is 49.5 Å². The molecule has 2 saturated heterocycles. The standard InChI is InChI=1S/C28H35N5O2/c34-28(30-24-7-3-1-4-8-24)18-22-11-12-29-20-23(22)17-25-19-27(35-31-25)21-32-13-15-33(16-14-32)26-9-5-2-6-10-26/h1-10,19,22-23,29H,11-18,20-21H2,(H,30,34). The molecule has 2 fully saturated rings. The second-order valence-electron chi connectivity index (χ2n) is 9.72. The highest BCUT2D eigenvalue weighted by molar-refractivity contribution is 5.90. The van der Waals surface area contributed by atoms with Gasteiger partial charge in [-0.15, -0.1) is 0 Å². The lowest BCUT2D eigenvalue weighted by molar-refractivity contribution is -0.117. The van der Waals surface area contributed by atoms with Gasteiger partial charge in [-0.2, -0.15) is 0 Å². The Balaban J connectivity index is 1.11. The van der Waals surface area contributed by atoms with Gasteiger partial charge in [-0.3, -0.25) is 9.69 Å². The van der Waals surface area contributed by atoms with Gasteiger partial charge in [0.05, 0.1) is 12.2 Å². The van der Waals surface area contributed by atoms with Gasteiger partial charge in [-0.1, -0.05) is 41.6 Å². The summed E-state index contributed by atoms with van der Waals surface area (Å²) in [6.07, 6.45) is 2.38. The topological polar surface area (TPSA) is 73.6 Å². The molecule has 0 spiro atoms. The number of benzene rings is 2. The molecule has 3 heterocycles. The summed E-state index contributed by atoms with van der Waals surface area (Å²) in [4.78, 5) is 17.5. The molecular weight excluding hydrogens is 438 g/mol. The number of hydrogen-bond donors (Lipinski definition) is 2. The smallest absolute Gasteiger partial charge is 0.224 e. The van der Waals surface area contributed by atoms with E-state index >= 15 is 0 Å². The van der Waals surface area contributed by atoms with Crippen LogP contribution in [0, 0.1) is 11.8 Å². The van der Waals surface area contributed by atoms with Gasteiger partial charge >= 0.3 is 0 Å². The van der Waals surface area contributed by atoms with Crippen molar-refractivity contribution in [2.45, 2.75) is 25.8 Å². The van der Waals surface area contributed by atoms with Gasteiger partial charge in [0, 0.05) is 50.0 Å². The van der Waals surface area contributed by atoms with Gasteiger partial charge in [0.1, 0.15) is 0 Å². The first kappa shape index (κ1) is 23.6. The van der Waals surface area contributed by atoms with E-state index in [0.29, 0.717) is 18.3 Å². The first-order valence-electron chi connectivity index (χ1n) is 12.8. The lowest BCUT2D eigenvalue weighted by Gasteiger charge is -2.35. The van der Waals surface area contributed by atoms with E-state index in [4.69, 9.17) is 4.52 Å². The molecule has 7 nitrogen and oxygen atoms in total. The maximum absolute atomic E-state index is 12.6. The molecule has 0 saturated carbocycles. The Morgan fingerprint density at radius 3 is 2.51 bits per heavy atom. The molecular formula is C28H35N5O2. The molecule has 0 aliphatic carbocycles. The Labute approximate surface area is 207 Å². The van der Waals surface area contributed by atoms with Crippen LogP contribution in [0.3, 0.4) is 0 Å². The maximum Gasteiger partial charge on any atom is 0.224 e. The molecule has 0 bridgehead atoms. The number of hydrogen-bond acceptors (Lipinski definition) is 6. The summed E-state index contributed by atoms with van der Waals surface area (Å²) in [6, 6.07) is 22.4. The van der Waals surface area contributed by atoms with E-state index < -0.39 is 0 Å². The predicted molar refractivity (Wildman–Crippen MR) is 138 cm³/mol. The van der Waals surface area contributed by atoms with E-state index in [-0.39, 0.29) is 5.91 Å². The number of carbonyl (C=O) groups excluding carboxylic acids is 1. The summed E-state index contributed by atoms with van der Waals surface area (Å²) in [7, 11) is 0. The SMILES string of the molecule is O=C(CC1CCNCC1Cc1cc(CN2CCN(c3ccccc3)CC2)on1)Nc1ccccc1. The molecule has 2 aliphatic rings. The molecule has 2 aliphatic heterocycles. The lowest BCUT2D eigenvalue weighted by Crippen LogP contribution is -2.45. The molecule has 35 heavy (non-hydrogen) atoms. The zero-order valence-corrected chi connectivity index (χ0v) is 20.2. The third-order valence-corrected chi connectivity index (χ3v) is 7.22. The van der Waals surface area contributed by atoms with Crippen molar-refractivity contribution in [3.05, 3.63) is 78.2 Å². The largest absolute Gasteiger partial charge is 0.369 e. The molecule has 2 N–H and O–H groups in total. The van der Waals surface area contributed by atoms with Gasteiger partial charge in [-0.05, 0) is 62.0 Å². The average molecular weight is 474 g/mol. The van der Waals surface area contributed by atoms with Crippen LogP contribution in [0.2, 0.25) is 0 Å². The predicted octanol–water partition coefficient (Wildman–Crippen LogP) is 3.79. The lowest BCUT2D eigenvalue weighted by atomic mass is 9.81. The van der Waals surface area contributed by atoms with Gasteiger partial charge < -0.3 is 20.1 Å². The molecule has 2 aromatic carbocycles. The fourth-order valence-corrected chi connectivity index (χ4v) is 5.27. The van der Waals surface area contributed by atoms with Gasteiger partial charge in [0.2, 0.25) is 5.91 Å². The number of rotatable bonds is 8. The Bertz CT molecular complexity index is 1060. The number of amides is 1. The summed E-state index contributed by atoms with van der Waals surface area (Å²) in [6.45, 7) is 6.72. The monoisotopic (exact) mass is 473 g/mol. The number of para-hydroxylation sites is 2. The van der Waals surface area contributed by atoms with Crippen molar-refractivity contribution in [2.24, 2.45) is 11.8 Å².